The van der Waals surface area contributed by atoms with Gasteiger partial charge in [0.05, 0.1) is 11.2 Å². The largest absolute Gasteiger partial charge is 0.334 e. The van der Waals surface area contributed by atoms with Crippen molar-refractivity contribution in [1.29, 1.82) is 0 Å². The molecule has 408 valence electrons. The molecule has 0 radical (unpaired) electrons. The van der Waals surface area contributed by atoms with E-state index < -0.39 is 0 Å². The predicted molar refractivity (Wildman–Crippen MR) is 343 cm³/mol. The Labute approximate surface area is 477 Å². The summed E-state index contributed by atoms with van der Waals surface area (Å²) in [5, 5.41) is 0. The van der Waals surface area contributed by atoms with Gasteiger partial charge in [-0.2, -0.15) is 0 Å². The van der Waals surface area contributed by atoms with Crippen LogP contribution >= 0.6 is 0 Å². The smallest absolute Gasteiger partial charge is 0.252 e. The Bertz CT molecular complexity index is 3570. The molecule has 0 amide bonds. The van der Waals surface area contributed by atoms with Crippen LogP contribution < -0.4 is 31.1 Å². The lowest BCUT2D eigenvalue weighted by molar-refractivity contribution is 0.261. The average Bonchev–Trinajstić information content (AvgIpc) is 2.49. The van der Waals surface area contributed by atoms with Crippen molar-refractivity contribution in [3.63, 3.8) is 0 Å². The standard InChI is InChI=1S/C75H90BN3/c1-68(2,3)49-27-31-53(32-28-49)77-63-45-54(79-62-36-30-51(70(7,8)9)42-58(62)74(17)37-23-20-24-38-75(74,79)18)33-34-59(63)76-60-46-56-57(73(15,16)40-39-72(56,13)14)47-64(60)78(66-44-52(71(10,11)12)43-65(77)67(66)76)61-35-29-50(69(4,5)6)41-55(61)48-25-21-19-22-26-48/h19,21-22,25-36,41-47H,20,23-24,37-40H2,1-18H3. The highest BCUT2D eigenvalue weighted by Crippen LogP contribution is 2.61. The molecular weight excluding hydrogens is 954 g/mol. The van der Waals surface area contributed by atoms with Crippen LogP contribution in [-0.2, 0) is 37.9 Å². The first-order valence-corrected chi connectivity index (χ1v) is 30.3. The third kappa shape index (κ3) is 8.40. The fraction of sp³-hybridized carbons (Fsp3) is 0.440. The van der Waals surface area contributed by atoms with E-state index >= 15 is 0 Å². The summed E-state index contributed by atoms with van der Waals surface area (Å²) in [7, 11) is 0. The summed E-state index contributed by atoms with van der Waals surface area (Å²) in [6, 6.07) is 54.1. The lowest BCUT2D eigenvalue weighted by Gasteiger charge is -2.49. The summed E-state index contributed by atoms with van der Waals surface area (Å²) in [6.07, 6.45) is 8.46. The topological polar surface area (TPSA) is 9.72 Å². The van der Waals surface area contributed by atoms with Gasteiger partial charge in [-0.25, -0.2) is 0 Å². The number of rotatable bonds is 4. The van der Waals surface area contributed by atoms with E-state index in [4.69, 9.17) is 0 Å². The minimum absolute atomic E-state index is 0.00326. The molecule has 0 saturated heterocycles. The van der Waals surface area contributed by atoms with Gasteiger partial charge in [0, 0.05) is 50.8 Å². The number of nitrogens with zero attached hydrogens (tertiary/aromatic N) is 3. The van der Waals surface area contributed by atoms with Crippen LogP contribution in [0.3, 0.4) is 0 Å². The highest BCUT2D eigenvalue weighted by Gasteiger charge is 2.57. The second-order valence-electron chi connectivity index (χ2n) is 30.9. The van der Waals surface area contributed by atoms with Gasteiger partial charge in [0.1, 0.15) is 0 Å². The summed E-state index contributed by atoms with van der Waals surface area (Å²) in [6.45, 7) is 43.6. The monoisotopic (exact) mass is 1040 g/mol. The number of hydrogen-bond acceptors (Lipinski definition) is 3. The Kier molecular flexibility index (Phi) is 12.1. The molecule has 1 saturated carbocycles. The fourth-order valence-electron chi connectivity index (χ4n) is 15.1. The van der Waals surface area contributed by atoms with Gasteiger partial charge in [0.25, 0.3) is 6.71 Å². The van der Waals surface area contributed by atoms with Gasteiger partial charge in [0.2, 0.25) is 0 Å². The van der Waals surface area contributed by atoms with Crippen molar-refractivity contribution in [2.24, 2.45) is 0 Å². The van der Waals surface area contributed by atoms with Crippen molar-refractivity contribution < 1.29 is 0 Å². The minimum atomic E-state index is -0.152. The van der Waals surface area contributed by atoms with Crippen LogP contribution in [0.25, 0.3) is 11.1 Å². The number of anilines is 8. The van der Waals surface area contributed by atoms with Gasteiger partial charge in [-0.15, -0.1) is 0 Å². The Balaban J connectivity index is 1.20. The summed E-state index contributed by atoms with van der Waals surface area (Å²) in [5.41, 5.74) is 26.7. The van der Waals surface area contributed by atoms with Crippen LogP contribution in [-0.4, -0.2) is 12.3 Å². The summed E-state index contributed by atoms with van der Waals surface area (Å²) >= 11 is 0. The number of hydrogen-bond donors (Lipinski definition) is 0. The van der Waals surface area contributed by atoms with Crippen LogP contribution in [0.5, 0.6) is 0 Å². The third-order valence-electron chi connectivity index (χ3n) is 20.5. The van der Waals surface area contributed by atoms with Gasteiger partial charge in [-0.3, -0.25) is 0 Å². The Morgan fingerprint density at radius 2 is 0.911 bits per heavy atom. The second kappa shape index (κ2) is 17.8. The molecule has 3 aliphatic heterocycles. The van der Waals surface area contributed by atoms with E-state index in [9.17, 15) is 0 Å². The van der Waals surface area contributed by atoms with Gasteiger partial charge in [0.15, 0.2) is 0 Å². The molecule has 1 fully saturated rings. The molecule has 2 unspecified atom stereocenters. The van der Waals surface area contributed by atoms with Crippen LogP contribution in [0, 0.1) is 0 Å². The van der Waals surface area contributed by atoms with Crippen LogP contribution in [0.15, 0.2) is 133 Å². The number of fused-ring (bicyclic) bond motifs is 8. The van der Waals surface area contributed by atoms with E-state index in [2.05, 4.69) is 273 Å². The molecule has 79 heavy (non-hydrogen) atoms. The zero-order valence-corrected chi connectivity index (χ0v) is 51.6. The molecule has 0 aromatic heterocycles. The molecule has 12 rings (SSSR count). The third-order valence-corrected chi connectivity index (χ3v) is 20.5. The normalized spacial score (nSPS) is 21.1. The van der Waals surface area contributed by atoms with E-state index in [1.54, 1.807) is 0 Å². The van der Waals surface area contributed by atoms with Gasteiger partial charge < -0.3 is 14.7 Å². The highest BCUT2D eigenvalue weighted by molar-refractivity contribution is 7.00. The zero-order valence-electron chi connectivity index (χ0n) is 51.6. The van der Waals surface area contributed by atoms with E-state index in [-0.39, 0.29) is 50.2 Å². The van der Waals surface area contributed by atoms with Crippen molar-refractivity contribution in [1.82, 2.24) is 0 Å². The van der Waals surface area contributed by atoms with Crippen molar-refractivity contribution >= 4 is 68.6 Å². The van der Waals surface area contributed by atoms with Crippen molar-refractivity contribution in [2.45, 2.75) is 213 Å². The molecule has 0 spiro atoms. The molecule has 7 aromatic carbocycles. The maximum absolute atomic E-state index is 2.83. The molecule has 2 atom stereocenters. The summed E-state index contributed by atoms with van der Waals surface area (Å²) in [4.78, 5) is 8.25. The van der Waals surface area contributed by atoms with Crippen molar-refractivity contribution in [3.8, 4) is 11.1 Å². The lowest BCUT2D eigenvalue weighted by atomic mass is 9.33. The summed E-state index contributed by atoms with van der Waals surface area (Å²) in [5.74, 6) is 0. The zero-order chi connectivity index (χ0) is 56.4. The highest BCUT2D eigenvalue weighted by atomic mass is 15.3. The Morgan fingerprint density at radius 1 is 0.380 bits per heavy atom. The van der Waals surface area contributed by atoms with Gasteiger partial charge in [-0.05, 0) is 187 Å². The molecule has 3 nitrogen and oxygen atoms in total. The first kappa shape index (κ1) is 53.6. The first-order valence-electron chi connectivity index (χ1n) is 30.3. The first-order chi connectivity index (χ1) is 36.9. The average molecular weight is 1040 g/mol. The van der Waals surface area contributed by atoms with Crippen LogP contribution in [0.4, 0.5) is 45.5 Å². The van der Waals surface area contributed by atoms with E-state index in [1.165, 1.54) is 138 Å². The lowest BCUT2D eigenvalue weighted by Crippen LogP contribution is -2.62. The molecule has 4 heteroatoms. The molecule has 0 bridgehead atoms. The Hall–Kier alpha value is -6.00. The summed E-state index contributed by atoms with van der Waals surface area (Å²) < 4.78 is 0. The molecule has 3 heterocycles. The van der Waals surface area contributed by atoms with Gasteiger partial charge >= 0.3 is 0 Å². The van der Waals surface area contributed by atoms with Crippen molar-refractivity contribution in [2.75, 3.05) is 14.7 Å². The minimum Gasteiger partial charge on any atom is -0.334 e. The molecular formula is C75H90BN3. The predicted octanol–water partition coefficient (Wildman–Crippen LogP) is 19.1. The van der Waals surface area contributed by atoms with E-state index in [1.807, 2.05) is 0 Å². The molecule has 7 aromatic rings. The molecule has 2 aliphatic carbocycles. The molecule has 0 N–H and O–H groups in total. The maximum atomic E-state index is 2.83. The van der Waals surface area contributed by atoms with Crippen LogP contribution in [0.2, 0.25) is 0 Å². The van der Waals surface area contributed by atoms with Crippen LogP contribution in [0.1, 0.15) is 209 Å². The maximum Gasteiger partial charge on any atom is 0.252 e. The van der Waals surface area contributed by atoms with E-state index in [0.29, 0.717) is 0 Å². The van der Waals surface area contributed by atoms with Gasteiger partial charge in [-0.1, -0.05) is 210 Å². The Morgan fingerprint density at radius 3 is 1.53 bits per heavy atom. The number of benzene rings is 7. The second-order valence-corrected chi connectivity index (χ2v) is 30.9. The van der Waals surface area contributed by atoms with Crippen molar-refractivity contribution in [3.05, 3.63) is 172 Å². The SMILES string of the molecule is CC(C)(C)c1ccc(N2c3cc(N4c5ccc(C(C)(C)C)cc5C5(C)CCCCCC45C)ccc3B3c4cc5c(cc4N(c4ccc(C(C)(C)C)cc4-c4ccccc4)c4cc(C(C)(C)C)cc2c43)C(C)(C)CCC5(C)C)cc1. The fourth-order valence-corrected chi connectivity index (χ4v) is 15.1. The molecule has 5 aliphatic rings. The van der Waals surface area contributed by atoms with E-state index in [0.717, 1.165) is 19.3 Å². The quantitative estimate of drug-likeness (QED) is 0.163.